The molecule has 1 atom stereocenters. The molecule has 0 saturated heterocycles. The Morgan fingerprint density at radius 3 is 2.52 bits per heavy atom. The molecule has 0 bridgehead atoms. The van der Waals surface area contributed by atoms with Crippen molar-refractivity contribution < 1.29 is 9.72 Å². The smallest absolute Gasteiger partial charge is 0.282 e. The number of amides is 1. The highest BCUT2D eigenvalue weighted by Crippen LogP contribution is 2.21. The van der Waals surface area contributed by atoms with E-state index in [2.05, 4.69) is 35.1 Å². The number of carbonyl (C=O) groups is 1. The van der Waals surface area contributed by atoms with Crippen molar-refractivity contribution in [2.45, 2.75) is 38.4 Å². The van der Waals surface area contributed by atoms with Crippen LogP contribution in [0, 0.1) is 23.0 Å². The quantitative estimate of drug-likeness (QED) is 0.458. The Kier molecular flexibility index (Phi) is 6.81. The Morgan fingerprint density at radius 2 is 2.00 bits per heavy atom. The van der Waals surface area contributed by atoms with E-state index in [-0.39, 0.29) is 16.1 Å². The van der Waals surface area contributed by atoms with Gasteiger partial charge in [-0.1, -0.05) is 48.7 Å². The van der Waals surface area contributed by atoms with Crippen LogP contribution in [0.15, 0.2) is 18.2 Å². The first kappa shape index (κ1) is 17.6. The number of aryl methyl sites for hydroxylation is 1. The molecule has 21 heavy (non-hydrogen) atoms. The zero-order valence-electron chi connectivity index (χ0n) is 12.6. The van der Waals surface area contributed by atoms with Gasteiger partial charge in [-0.15, -0.1) is 0 Å². The van der Waals surface area contributed by atoms with Gasteiger partial charge in [-0.05, 0) is 24.5 Å². The first-order valence-electron chi connectivity index (χ1n) is 7.07. The fourth-order valence-electron chi connectivity index (χ4n) is 2.24. The molecule has 0 aromatic heterocycles. The van der Waals surface area contributed by atoms with Crippen LogP contribution in [0.1, 0.15) is 42.6 Å². The van der Waals surface area contributed by atoms with Gasteiger partial charge in [0.1, 0.15) is 5.56 Å². The van der Waals surface area contributed by atoms with E-state index in [4.69, 9.17) is 0 Å². The standard InChI is InChI=1S/C15H21BrN2O3/c1-4-11(5-2)13(16)9-17-15(19)12-8-10(3)6-7-14(12)18(20)21/h6-8,11,13H,4-5,9H2,1-3H3,(H,17,19). The number of rotatable bonds is 7. The summed E-state index contributed by atoms with van der Waals surface area (Å²) < 4.78 is 0. The van der Waals surface area contributed by atoms with Gasteiger partial charge in [-0.2, -0.15) is 0 Å². The van der Waals surface area contributed by atoms with E-state index in [1.165, 1.54) is 6.07 Å². The van der Waals surface area contributed by atoms with Crippen LogP contribution in [-0.2, 0) is 0 Å². The number of nitro groups is 1. The fourth-order valence-corrected chi connectivity index (χ4v) is 3.15. The number of nitrogens with zero attached hydrogens (tertiary/aromatic N) is 1. The van der Waals surface area contributed by atoms with Gasteiger partial charge in [0.05, 0.1) is 4.92 Å². The van der Waals surface area contributed by atoms with Gasteiger partial charge in [0.25, 0.3) is 11.6 Å². The molecule has 0 radical (unpaired) electrons. The molecule has 0 aliphatic heterocycles. The maximum absolute atomic E-state index is 12.2. The number of hydrogen-bond acceptors (Lipinski definition) is 3. The van der Waals surface area contributed by atoms with Gasteiger partial charge in [0, 0.05) is 17.4 Å². The second-order valence-corrected chi connectivity index (χ2v) is 6.26. The zero-order chi connectivity index (χ0) is 16.0. The van der Waals surface area contributed by atoms with E-state index in [0.29, 0.717) is 12.5 Å². The van der Waals surface area contributed by atoms with Crippen LogP contribution in [0.2, 0.25) is 0 Å². The summed E-state index contributed by atoms with van der Waals surface area (Å²) in [7, 11) is 0. The number of hydrogen-bond donors (Lipinski definition) is 1. The SMILES string of the molecule is CCC(CC)C(Br)CNC(=O)c1cc(C)ccc1[N+](=O)[O-]. The average molecular weight is 357 g/mol. The highest BCUT2D eigenvalue weighted by molar-refractivity contribution is 9.09. The fraction of sp³-hybridized carbons (Fsp3) is 0.533. The van der Waals surface area contributed by atoms with E-state index in [1.54, 1.807) is 19.1 Å². The van der Waals surface area contributed by atoms with Crippen molar-refractivity contribution in [3.63, 3.8) is 0 Å². The summed E-state index contributed by atoms with van der Waals surface area (Å²) in [5, 5.41) is 13.8. The van der Waals surface area contributed by atoms with Gasteiger partial charge in [0.2, 0.25) is 0 Å². The maximum atomic E-state index is 12.2. The van der Waals surface area contributed by atoms with E-state index in [9.17, 15) is 14.9 Å². The molecule has 1 aromatic rings. The molecule has 0 spiro atoms. The highest BCUT2D eigenvalue weighted by Gasteiger charge is 2.22. The lowest BCUT2D eigenvalue weighted by atomic mass is 9.99. The lowest BCUT2D eigenvalue weighted by molar-refractivity contribution is -0.385. The van der Waals surface area contributed by atoms with Crippen molar-refractivity contribution in [1.29, 1.82) is 0 Å². The second-order valence-electron chi connectivity index (χ2n) is 5.08. The molecule has 116 valence electrons. The number of alkyl halides is 1. The summed E-state index contributed by atoms with van der Waals surface area (Å²) in [6, 6.07) is 4.55. The summed E-state index contributed by atoms with van der Waals surface area (Å²) in [6.45, 7) is 6.47. The summed E-state index contributed by atoms with van der Waals surface area (Å²) in [6.07, 6.45) is 2.04. The van der Waals surface area contributed by atoms with Crippen LogP contribution in [0.4, 0.5) is 5.69 Å². The van der Waals surface area contributed by atoms with Crippen molar-refractivity contribution >= 4 is 27.5 Å². The van der Waals surface area contributed by atoms with E-state index >= 15 is 0 Å². The van der Waals surface area contributed by atoms with Gasteiger partial charge in [0.15, 0.2) is 0 Å². The Bertz CT molecular complexity index is 516. The molecule has 0 saturated carbocycles. The molecule has 1 unspecified atom stereocenters. The highest BCUT2D eigenvalue weighted by atomic mass is 79.9. The Balaban J connectivity index is 2.80. The summed E-state index contributed by atoms with van der Waals surface area (Å²) in [5.41, 5.74) is 0.775. The van der Waals surface area contributed by atoms with Crippen LogP contribution in [-0.4, -0.2) is 22.2 Å². The van der Waals surface area contributed by atoms with Crippen LogP contribution < -0.4 is 5.32 Å². The van der Waals surface area contributed by atoms with Crippen molar-refractivity contribution in [3.05, 3.63) is 39.4 Å². The minimum Gasteiger partial charge on any atom is -0.351 e. The monoisotopic (exact) mass is 356 g/mol. The van der Waals surface area contributed by atoms with Crippen molar-refractivity contribution in [1.82, 2.24) is 5.32 Å². The third kappa shape index (κ3) is 4.81. The van der Waals surface area contributed by atoms with Crippen LogP contribution in [0.3, 0.4) is 0 Å². The zero-order valence-corrected chi connectivity index (χ0v) is 14.1. The third-order valence-corrected chi connectivity index (χ3v) is 4.68. The number of carbonyl (C=O) groups excluding carboxylic acids is 1. The van der Waals surface area contributed by atoms with Crippen LogP contribution >= 0.6 is 15.9 Å². The first-order chi connectivity index (χ1) is 9.90. The van der Waals surface area contributed by atoms with E-state index in [0.717, 1.165) is 18.4 Å². The molecule has 1 rings (SSSR count). The molecule has 0 fully saturated rings. The Hall–Kier alpha value is -1.43. The molecule has 0 heterocycles. The second kappa shape index (κ2) is 8.12. The molecule has 1 N–H and O–H groups in total. The Labute approximate surface area is 133 Å². The van der Waals surface area contributed by atoms with Gasteiger partial charge in [-0.3, -0.25) is 14.9 Å². The number of halogens is 1. The number of nitro benzene ring substituents is 1. The van der Waals surface area contributed by atoms with E-state index in [1.807, 2.05) is 0 Å². The molecule has 0 aliphatic carbocycles. The predicted molar refractivity (Wildman–Crippen MR) is 87.0 cm³/mol. The number of benzene rings is 1. The summed E-state index contributed by atoms with van der Waals surface area (Å²) >= 11 is 3.58. The van der Waals surface area contributed by atoms with Crippen molar-refractivity contribution in [2.24, 2.45) is 5.92 Å². The average Bonchev–Trinajstić information content (AvgIpc) is 2.45. The minimum atomic E-state index is -0.527. The molecule has 5 nitrogen and oxygen atoms in total. The molecular formula is C15H21BrN2O3. The predicted octanol–water partition coefficient (Wildman–Crippen LogP) is 3.83. The first-order valence-corrected chi connectivity index (χ1v) is 7.99. The van der Waals surface area contributed by atoms with Gasteiger partial charge < -0.3 is 5.32 Å². The normalized spacial score (nSPS) is 12.2. The molecule has 1 aromatic carbocycles. The lowest BCUT2D eigenvalue weighted by Crippen LogP contribution is -2.33. The van der Waals surface area contributed by atoms with Crippen LogP contribution in [0.25, 0.3) is 0 Å². The molecule has 6 heteroatoms. The summed E-state index contributed by atoms with van der Waals surface area (Å²) in [5.74, 6) is 0.0681. The molecule has 0 aliphatic rings. The molecular weight excluding hydrogens is 336 g/mol. The third-order valence-electron chi connectivity index (χ3n) is 3.61. The maximum Gasteiger partial charge on any atom is 0.282 e. The largest absolute Gasteiger partial charge is 0.351 e. The van der Waals surface area contributed by atoms with Crippen LogP contribution in [0.5, 0.6) is 0 Å². The Morgan fingerprint density at radius 1 is 1.38 bits per heavy atom. The van der Waals surface area contributed by atoms with Gasteiger partial charge >= 0.3 is 0 Å². The topological polar surface area (TPSA) is 72.2 Å². The summed E-state index contributed by atoms with van der Waals surface area (Å²) in [4.78, 5) is 22.8. The molecule has 1 amide bonds. The van der Waals surface area contributed by atoms with Crippen molar-refractivity contribution in [3.8, 4) is 0 Å². The minimum absolute atomic E-state index is 0.115. The number of nitrogens with one attached hydrogen (secondary N) is 1. The van der Waals surface area contributed by atoms with Gasteiger partial charge in [-0.25, -0.2) is 0 Å². The van der Waals surface area contributed by atoms with Crippen molar-refractivity contribution in [2.75, 3.05) is 6.54 Å². The lowest BCUT2D eigenvalue weighted by Gasteiger charge is -2.19. The van der Waals surface area contributed by atoms with E-state index < -0.39 is 10.8 Å².